The summed E-state index contributed by atoms with van der Waals surface area (Å²) in [5, 5.41) is 7.48. The quantitative estimate of drug-likeness (QED) is 0.426. The number of aromatic amines is 1. The van der Waals surface area contributed by atoms with Crippen molar-refractivity contribution in [2.45, 2.75) is 23.7 Å². The highest BCUT2D eigenvalue weighted by atomic mass is 79.9. The molecule has 10 heteroatoms. The number of halogens is 1. The number of hydrogen-bond donors (Lipinski definition) is 3. The Morgan fingerprint density at radius 3 is 3.06 bits per heavy atom. The third-order valence-corrected chi connectivity index (χ3v) is 4.13. The highest BCUT2D eigenvalue weighted by molar-refractivity contribution is 9.10. The van der Waals surface area contributed by atoms with Crippen molar-refractivity contribution in [1.29, 1.82) is 0 Å². The van der Waals surface area contributed by atoms with Gasteiger partial charge in [0.25, 0.3) is 0 Å². The maximum Gasteiger partial charge on any atom is 0.343 e. The van der Waals surface area contributed by atoms with Crippen molar-refractivity contribution >= 4 is 33.5 Å². The first-order valence-electron chi connectivity index (χ1n) is 4.97. The van der Waals surface area contributed by atoms with Gasteiger partial charge >= 0.3 is 5.69 Å². The molecule has 0 saturated heterocycles. The van der Waals surface area contributed by atoms with Crippen molar-refractivity contribution in [2.75, 3.05) is 5.43 Å². The summed E-state index contributed by atoms with van der Waals surface area (Å²) in [4.78, 5) is 19.5. The van der Waals surface area contributed by atoms with Gasteiger partial charge in [-0.2, -0.15) is 0 Å². The van der Waals surface area contributed by atoms with E-state index in [9.17, 15) is 4.79 Å². The van der Waals surface area contributed by atoms with Gasteiger partial charge in [0.1, 0.15) is 11.4 Å². The van der Waals surface area contributed by atoms with Gasteiger partial charge < -0.3 is 5.43 Å². The van der Waals surface area contributed by atoms with Gasteiger partial charge in [0, 0.05) is 6.54 Å². The summed E-state index contributed by atoms with van der Waals surface area (Å²) in [6, 6.07) is 0. The molecule has 0 aliphatic heterocycles. The van der Waals surface area contributed by atoms with E-state index < -0.39 is 0 Å². The largest absolute Gasteiger partial charge is 0.343 e. The Hall–Kier alpha value is -1.39. The van der Waals surface area contributed by atoms with E-state index in [4.69, 9.17) is 5.84 Å². The zero-order chi connectivity index (χ0) is 13.1. The van der Waals surface area contributed by atoms with E-state index in [1.54, 1.807) is 0 Å². The summed E-state index contributed by atoms with van der Waals surface area (Å²) in [6.45, 7) is 2.39. The monoisotopic (exact) mass is 331 g/mol. The second-order valence-electron chi connectivity index (χ2n) is 3.14. The third kappa shape index (κ3) is 2.40. The molecule has 0 aliphatic rings. The maximum atomic E-state index is 11.4. The van der Waals surface area contributed by atoms with Crippen LogP contribution in [-0.4, -0.2) is 24.7 Å². The molecule has 8 nitrogen and oxygen atoms in total. The maximum absolute atomic E-state index is 11.4. The Kier molecular flexibility index (Phi) is 3.99. The molecule has 2 heterocycles. The van der Waals surface area contributed by atoms with Crippen LogP contribution in [-0.2, 0) is 6.54 Å². The van der Waals surface area contributed by atoms with E-state index in [0.29, 0.717) is 27.0 Å². The number of rotatable bonds is 4. The summed E-state index contributed by atoms with van der Waals surface area (Å²) in [5.41, 5.74) is 2.20. The Morgan fingerprint density at radius 2 is 2.39 bits per heavy atom. The average Bonchev–Trinajstić information content (AvgIpc) is 2.72. The third-order valence-electron chi connectivity index (χ3n) is 2.12. The first-order valence-corrected chi connectivity index (χ1v) is 6.58. The van der Waals surface area contributed by atoms with E-state index in [1.807, 2.05) is 6.92 Å². The first-order chi connectivity index (χ1) is 8.67. The standard InChI is InChI=1S/C8H10BrN7OS/c1-2-16-7(17)14-15-8(16)18-6-4(9)5(13-10)11-3-12-6/h3H,2,10H2,1H3,(H,14,17)(H,11,12,13). The Labute approximate surface area is 114 Å². The van der Waals surface area contributed by atoms with E-state index in [-0.39, 0.29) is 5.69 Å². The van der Waals surface area contributed by atoms with Gasteiger partial charge in [-0.15, -0.1) is 5.10 Å². The minimum Gasteiger partial charge on any atom is -0.307 e. The number of nitrogen functional groups attached to an aromatic ring is 1. The lowest BCUT2D eigenvalue weighted by atomic mass is 10.6. The molecular weight excluding hydrogens is 322 g/mol. The van der Waals surface area contributed by atoms with Crippen LogP contribution in [0.2, 0.25) is 0 Å². The van der Waals surface area contributed by atoms with E-state index >= 15 is 0 Å². The van der Waals surface area contributed by atoms with Crippen molar-refractivity contribution in [3.63, 3.8) is 0 Å². The Morgan fingerprint density at radius 1 is 1.61 bits per heavy atom. The van der Waals surface area contributed by atoms with Crippen LogP contribution in [0.4, 0.5) is 5.82 Å². The lowest BCUT2D eigenvalue weighted by Crippen LogP contribution is -2.16. The highest BCUT2D eigenvalue weighted by Gasteiger charge is 2.14. The first kappa shape index (κ1) is 13.1. The summed E-state index contributed by atoms with van der Waals surface area (Å²) in [6.07, 6.45) is 1.38. The fourth-order valence-corrected chi connectivity index (χ4v) is 2.71. The molecule has 0 bridgehead atoms. The molecule has 4 N–H and O–H groups in total. The van der Waals surface area contributed by atoms with Gasteiger partial charge in [0.15, 0.2) is 11.0 Å². The predicted octanol–water partition coefficient (Wildman–Crippen LogP) is 0.581. The van der Waals surface area contributed by atoms with Crippen LogP contribution in [0.5, 0.6) is 0 Å². The molecule has 0 aromatic carbocycles. The van der Waals surface area contributed by atoms with Crippen LogP contribution < -0.4 is 17.0 Å². The van der Waals surface area contributed by atoms with Crippen molar-refractivity contribution in [3.8, 4) is 0 Å². The van der Waals surface area contributed by atoms with Gasteiger partial charge in [-0.1, -0.05) is 0 Å². The lowest BCUT2D eigenvalue weighted by molar-refractivity contribution is 0.660. The number of nitrogens with zero attached hydrogens (tertiary/aromatic N) is 4. The predicted molar refractivity (Wildman–Crippen MR) is 70.2 cm³/mol. The summed E-state index contributed by atoms with van der Waals surface area (Å²) in [7, 11) is 0. The van der Waals surface area contributed by atoms with E-state index in [2.05, 4.69) is 41.5 Å². The van der Waals surface area contributed by atoms with E-state index in [0.717, 1.165) is 0 Å². The molecule has 0 atom stereocenters. The fourth-order valence-electron chi connectivity index (χ4n) is 1.27. The van der Waals surface area contributed by atoms with Crippen molar-refractivity contribution in [3.05, 3.63) is 21.3 Å². The van der Waals surface area contributed by atoms with Crippen LogP contribution in [0, 0.1) is 0 Å². The molecule has 18 heavy (non-hydrogen) atoms. The van der Waals surface area contributed by atoms with Crippen molar-refractivity contribution < 1.29 is 0 Å². The number of hydrogen-bond acceptors (Lipinski definition) is 7. The van der Waals surface area contributed by atoms with Crippen LogP contribution in [0.25, 0.3) is 0 Å². The average molecular weight is 332 g/mol. The van der Waals surface area contributed by atoms with Gasteiger partial charge in [-0.3, -0.25) is 4.57 Å². The molecule has 96 valence electrons. The second kappa shape index (κ2) is 5.50. The highest BCUT2D eigenvalue weighted by Crippen LogP contribution is 2.32. The number of aromatic nitrogens is 5. The molecule has 0 unspecified atom stereocenters. The molecule has 0 fully saturated rings. The molecular formula is C8H10BrN7OS. The van der Waals surface area contributed by atoms with Gasteiger partial charge in [-0.05, 0) is 34.6 Å². The second-order valence-corrected chi connectivity index (χ2v) is 4.89. The number of H-pyrrole nitrogens is 1. The summed E-state index contributed by atoms with van der Waals surface area (Å²) < 4.78 is 2.13. The minimum atomic E-state index is -0.248. The van der Waals surface area contributed by atoms with Crippen LogP contribution in [0.15, 0.2) is 25.8 Å². The molecule has 0 amide bonds. The summed E-state index contributed by atoms with van der Waals surface area (Å²) in [5.74, 6) is 5.78. The van der Waals surface area contributed by atoms with Gasteiger partial charge in [0.2, 0.25) is 0 Å². The van der Waals surface area contributed by atoms with Gasteiger partial charge in [0.05, 0.1) is 4.47 Å². The molecule has 0 aliphatic carbocycles. The Balaban J connectivity index is 2.37. The zero-order valence-corrected chi connectivity index (χ0v) is 11.7. The van der Waals surface area contributed by atoms with Gasteiger partial charge in [-0.25, -0.2) is 25.7 Å². The lowest BCUT2D eigenvalue weighted by Gasteiger charge is -2.06. The Bertz CT molecular complexity index is 610. The topological polar surface area (TPSA) is 115 Å². The van der Waals surface area contributed by atoms with Crippen LogP contribution in [0.3, 0.4) is 0 Å². The van der Waals surface area contributed by atoms with Crippen molar-refractivity contribution in [2.24, 2.45) is 5.84 Å². The number of anilines is 1. The van der Waals surface area contributed by atoms with Crippen LogP contribution in [0.1, 0.15) is 6.92 Å². The van der Waals surface area contributed by atoms with Crippen molar-refractivity contribution in [1.82, 2.24) is 24.7 Å². The van der Waals surface area contributed by atoms with E-state index in [1.165, 1.54) is 22.7 Å². The zero-order valence-electron chi connectivity index (χ0n) is 9.35. The number of hydrazine groups is 1. The normalized spacial score (nSPS) is 10.6. The SMILES string of the molecule is CCn1c(Sc2ncnc(NN)c2Br)n[nH]c1=O. The molecule has 2 aromatic heterocycles. The number of nitrogens with two attached hydrogens (primary N) is 1. The minimum absolute atomic E-state index is 0.248. The summed E-state index contributed by atoms with van der Waals surface area (Å²) >= 11 is 4.58. The number of nitrogens with one attached hydrogen (secondary N) is 2. The smallest absolute Gasteiger partial charge is 0.307 e. The fraction of sp³-hybridized carbons (Fsp3) is 0.250. The molecule has 0 radical (unpaired) electrons. The van der Waals surface area contributed by atoms with Crippen LogP contribution >= 0.6 is 27.7 Å². The molecule has 0 saturated carbocycles. The molecule has 2 aromatic rings. The molecule has 2 rings (SSSR count). The molecule has 0 spiro atoms.